The predicted molar refractivity (Wildman–Crippen MR) is 47.3 cm³/mol. The number of amides is 1. The Balaban J connectivity index is 2.67. The lowest BCUT2D eigenvalue weighted by atomic mass is 10.4. The zero-order valence-electron chi connectivity index (χ0n) is 6.00. The summed E-state index contributed by atoms with van der Waals surface area (Å²) in [5.74, 6) is -0.295. The number of hydrogen-bond donors (Lipinski definition) is 1. The van der Waals surface area contributed by atoms with E-state index in [0.717, 1.165) is 0 Å². The lowest BCUT2D eigenvalue weighted by molar-refractivity contribution is 0.0962. The van der Waals surface area contributed by atoms with Gasteiger partial charge in [-0.15, -0.1) is 11.3 Å². The molecule has 0 radical (unpaired) electrons. The molecule has 0 aliphatic carbocycles. The van der Waals surface area contributed by atoms with E-state index in [4.69, 9.17) is 16.9 Å². The van der Waals surface area contributed by atoms with E-state index in [-0.39, 0.29) is 12.5 Å². The zero-order valence-corrected chi connectivity index (χ0v) is 7.58. The summed E-state index contributed by atoms with van der Waals surface area (Å²) in [6.07, 6.45) is 0. The van der Waals surface area contributed by atoms with Crippen molar-refractivity contribution in [3.8, 4) is 6.07 Å². The number of halogens is 1. The van der Waals surface area contributed by atoms with Gasteiger partial charge in [-0.25, -0.2) is 0 Å². The Morgan fingerprint density at radius 2 is 2.58 bits per heavy atom. The number of thiophene rings is 1. The highest BCUT2D eigenvalue weighted by Gasteiger charge is 2.09. The standard InChI is InChI=1S/C7H5ClN2OS/c8-5-1-4-12-6(5)7(11)10-3-2-9/h1,4H,3H2,(H,10,11). The fraction of sp³-hybridized carbons (Fsp3) is 0.143. The number of nitrogens with one attached hydrogen (secondary N) is 1. The molecule has 0 saturated heterocycles. The molecule has 0 saturated carbocycles. The molecule has 62 valence electrons. The van der Waals surface area contributed by atoms with E-state index in [2.05, 4.69) is 5.32 Å². The van der Waals surface area contributed by atoms with Crippen LogP contribution >= 0.6 is 22.9 Å². The molecule has 0 spiro atoms. The molecule has 0 aliphatic heterocycles. The second-order valence-electron chi connectivity index (χ2n) is 1.94. The molecule has 12 heavy (non-hydrogen) atoms. The van der Waals surface area contributed by atoms with Gasteiger partial charge in [0.25, 0.3) is 5.91 Å². The van der Waals surface area contributed by atoms with Gasteiger partial charge in [0, 0.05) is 0 Å². The lowest BCUT2D eigenvalue weighted by Crippen LogP contribution is -2.22. The lowest BCUT2D eigenvalue weighted by Gasteiger charge is -1.96. The second-order valence-corrected chi connectivity index (χ2v) is 3.26. The first-order chi connectivity index (χ1) is 5.75. The summed E-state index contributed by atoms with van der Waals surface area (Å²) in [5.41, 5.74) is 0. The van der Waals surface area contributed by atoms with Crippen LogP contribution in [0.15, 0.2) is 11.4 Å². The molecule has 1 N–H and O–H groups in total. The Hall–Kier alpha value is -1.05. The van der Waals surface area contributed by atoms with Crippen LogP contribution in [-0.4, -0.2) is 12.5 Å². The van der Waals surface area contributed by atoms with Gasteiger partial charge in [0.1, 0.15) is 11.4 Å². The molecule has 0 aromatic carbocycles. The van der Waals surface area contributed by atoms with E-state index < -0.39 is 0 Å². The first-order valence-electron chi connectivity index (χ1n) is 3.14. The van der Waals surface area contributed by atoms with Crippen LogP contribution in [0.25, 0.3) is 0 Å². The number of nitrogens with zero attached hydrogens (tertiary/aromatic N) is 1. The highest BCUT2D eigenvalue weighted by Crippen LogP contribution is 2.21. The smallest absolute Gasteiger partial charge is 0.263 e. The molecule has 0 fully saturated rings. The molecule has 1 rings (SSSR count). The molecular weight excluding hydrogens is 196 g/mol. The van der Waals surface area contributed by atoms with Crippen molar-refractivity contribution < 1.29 is 4.79 Å². The summed E-state index contributed by atoms with van der Waals surface area (Å²) in [4.78, 5) is 11.6. The highest BCUT2D eigenvalue weighted by atomic mass is 35.5. The second kappa shape index (κ2) is 4.10. The van der Waals surface area contributed by atoms with Gasteiger partial charge in [-0.1, -0.05) is 11.6 Å². The van der Waals surface area contributed by atoms with Crippen LogP contribution in [0, 0.1) is 11.3 Å². The first-order valence-corrected chi connectivity index (χ1v) is 4.39. The van der Waals surface area contributed by atoms with Crippen LogP contribution in [0.2, 0.25) is 5.02 Å². The third kappa shape index (κ3) is 1.97. The van der Waals surface area contributed by atoms with Gasteiger partial charge < -0.3 is 5.32 Å². The summed E-state index contributed by atoms with van der Waals surface area (Å²) in [5, 5.41) is 12.7. The van der Waals surface area contributed by atoms with E-state index in [1.165, 1.54) is 11.3 Å². The molecular formula is C7H5ClN2OS. The molecule has 0 atom stereocenters. The number of hydrogen-bond acceptors (Lipinski definition) is 3. The average Bonchev–Trinajstić information content (AvgIpc) is 2.47. The van der Waals surface area contributed by atoms with Crippen molar-refractivity contribution in [1.29, 1.82) is 5.26 Å². The maximum absolute atomic E-state index is 11.1. The van der Waals surface area contributed by atoms with Gasteiger partial charge in [0.15, 0.2) is 0 Å². The largest absolute Gasteiger partial charge is 0.338 e. The normalized spacial score (nSPS) is 9.00. The maximum atomic E-state index is 11.1. The van der Waals surface area contributed by atoms with Crippen molar-refractivity contribution in [2.24, 2.45) is 0 Å². The third-order valence-electron chi connectivity index (χ3n) is 1.15. The van der Waals surface area contributed by atoms with Crippen molar-refractivity contribution in [1.82, 2.24) is 5.32 Å². The Morgan fingerprint density at radius 1 is 1.83 bits per heavy atom. The molecule has 1 aromatic heterocycles. The molecule has 1 aromatic rings. The van der Waals surface area contributed by atoms with Crippen molar-refractivity contribution >= 4 is 28.8 Å². The number of nitriles is 1. The van der Waals surface area contributed by atoms with Crippen molar-refractivity contribution in [3.63, 3.8) is 0 Å². The van der Waals surface area contributed by atoms with E-state index in [1.54, 1.807) is 11.4 Å². The minimum atomic E-state index is -0.295. The van der Waals surface area contributed by atoms with E-state index in [1.807, 2.05) is 6.07 Å². The zero-order chi connectivity index (χ0) is 8.97. The molecule has 0 unspecified atom stereocenters. The fourth-order valence-electron chi connectivity index (χ4n) is 0.656. The minimum Gasteiger partial charge on any atom is -0.338 e. The van der Waals surface area contributed by atoms with Gasteiger partial charge in [-0.2, -0.15) is 5.26 Å². The fourth-order valence-corrected chi connectivity index (χ4v) is 1.71. The van der Waals surface area contributed by atoms with Gasteiger partial charge in [0.05, 0.1) is 11.1 Å². The van der Waals surface area contributed by atoms with Crippen LogP contribution in [0.3, 0.4) is 0 Å². The van der Waals surface area contributed by atoms with Gasteiger partial charge in [0.2, 0.25) is 0 Å². The molecule has 0 bridgehead atoms. The molecule has 1 heterocycles. The Bertz CT molecular complexity index is 328. The Morgan fingerprint density at radius 3 is 3.08 bits per heavy atom. The SMILES string of the molecule is N#CCNC(=O)c1sccc1Cl. The summed E-state index contributed by atoms with van der Waals surface area (Å²) in [6.45, 7) is 0.00701. The summed E-state index contributed by atoms with van der Waals surface area (Å²) in [6, 6.07) is 3.46. The van der Waals surface area contributed by atoms with Gasteiger partial charge >= 0.3 is 0 Å². The van der Waals surface area contributed by atoms with Crippen LogP contribution in [0.5, 0.6) is 0 Å². The summed E-state index contributed by atoms with van der Waals surface area (Å²) in [7, 11) is 0. The van der Waals surface area contributed by atoms with Crippen LogP contribution < -0.4 is 5.32 Å². The van der Waals surface area contributed by atoms with E-state index >= 15 is 0 Å². The highest BCUT2D eigenvalue weighted by molar-refractivity contribution is 7.12. The average molecular weight is 201 g/mol. The Labute approximate surface area is 78.6 Å². The number of rotatable bonds is 2. The maximum Gasteiger partial charge on any atom is 0.263 e. The summed E-state index contributed by atoms with van der Waals surface area (Å²) >= 11 is 6.93. The van der Waals surface area contributed by atoms with Gasteiger partial charge in [-0.3, -0.25) is 4.79 Å². The van der Waals surface area contributed by atoms with Crippen molar-refractivity contribution in [2.75, 3.05) is 6.54 Å². The molecule has 5 heteroatoms. The van der Waals surface area contributed by atoms with E-state index in [9.17, 15) is 4.79 Å². The Kier molecular flexibility index (Phi) is 3.09. The molecule has 0 aliphatic rings. The molecule has 1 amide bonds. The number of carbonyl (C=O) groups excluding carboxylic acids is 1. The topological polar surface area (TPSA) is 52.9 Å². The van der Waals surface area contributed by atoms with Crippen molar-refractivity contribution in [2.45, 2.75) is 0 Å². The van der Waals surface area contributed by atoms with Crippen LogP contribution in [-0.2, 0) is 0 Å². The first kappa shape index (κ1) is 9.04. The van der Waals surface area contributed by atoms with Gasteiger partial charge in [-0.05, 0) is 11.4 Å². The number of carbonyl (C=O) groups is 1. The predicted octanol–water partition coefficient (Wildman–Crippen LogP) is 1.65. The van der Waals surface area contributed by atoms with Crippen LogP contribution in [0.4, 0.5) is 0 Å². The third-order valence-corrected chi connectivity index (χ3v) is 2.49. The quantitative estimate of drug-likeness (QED) is 0.739. The molecule has 3 nitrogen and oxygen atoms in total. The van der Waals surface area contributed by atoms with E-state index in [0.29, 0.717) is 9.90 Å². The van der Waals surface area contributed by atoms with Crippen LogP contribution in [0.1, 0.15) is 9.67 Å². The minimum absolute atomic E-state index is 0.00701. The monoisotopic (exact) mass is 200 g/mol. The van der Waals surface area contributed by atoms with Crippen molar-refractivity contribution in [3.05, 3.63) is 21.3 Å². The summed E-state index contributed by atoms with van der Waals surface area (Å²) < 4.78 is 0.